The lowest BCUT2D eigenvalue weighted by molar-refractivity contribution is 0.102. The molecule has 0 aliphatic carbocycles. The van der Waals surface area contributed by atoms with Crippen LogP contribution in [0.15, 0.2) is 30.5 Å². The molecule has 1 heterocycles. The Bertz CT molecular complexity index is 641. The predicted octanol–water partition coefficient (Wildman–Crippen LogP) is 3.86. The van der Waals surface area contributed by atoms with Gasteiger partial charge in [-0.05, 0) is 38.1 Å². The van der Waals surface area contributed by atoms with Crippen molar-refractivity contribution >= 4 is 40.7 Å². The number of nitrogens with one attached hydrogen (secondary N) is 2. The zero-order valence-corrected chi connectivity index (χ0v) is 13.0. The van der Waals surface area contributed by atoms with Crippen molar-refractivity contribution in [2.45, 2.75) is 19.9 Å². The van der Waals surface area contributed by atoms with Gasteiger partial charge in [-0.2, -0.15) is 0 Å². The van der Waals surface area contributed by atoms with Crippen LogP contribution >= 0.6 is 23.2 Å². The van der Waals surface area contributed by atoms with Crippen molar-refractivity contribution in [3.63, 3.8) is 0 Å². The molecule has 0 radical (unpaired) electrons. The number of carbonyl (C=O) groups is 1. The minimum absolute atomic E-state index is 0.176. The van der Waals surface area contributed by atoms with Gasteiger partial charge in [-0.15, -0.1) is 0 Å². The number of benzene rings is 1. The highest BCUT2D eigenvalue weighted by Crippen LogP contribution is 2.22. The summed E-state index contributed by atoms with van der Waals surface area (Å²) in [5, 5.41) is 6.63. The fraction of sp³-hybridized carbons (Fsp3) is 0.214. The maximum atomic E-state index is 12.2. The van der Waals surface area contributed by atoms with Gasteiger partial charge in [0.15, 0.2) is 0 Å². The van der Waals surface area contributed by atoms with Gasteiger partial charge >= 0.3 is 0 Å². The first-order chi connectivity index (χ1) is 9.94. The van der Waals surface area contributed by atoms with E-state index in [0.29, 0.717) is 21.7 Å². The molecule has 0 aliphatic heterocycles. The lowest BCUT2D eigenvalue weighted by Crippen LogP contribution is -2.17. The third-order valence-electron chi connectivity index (χ3n) is 2.43. The summed E-state index contributed by atoms with van der Waals surface area (Å²) in [5.74, 6) is 0.0457. The molecule has 1 aromatic carbocycles. The Labute approximate surface area is 132 Å². The second-order valence-electron chi connectivity index (χ2n) is 4.68. The SMILES string of the molecule is CC(C)Nc1nccc(C(=O)Nc2cc(Cl)cc(Cl)c2)n1. The summed E-state index contributed by atoms with van der Waals surface area (Å²) < 4.78 is 0. The number of carbonyl (C=O) groups excluding carboxylic acids is 1. The van der Waals surface area contributed by atoms with E-state index in [2.05, 4.69) is 20.6 Å². The zero-order chi connectivity index (χ0) is 15.4. The van der Waals surface area contributed by atoms with Crippen molar-refractivity contribution in [2.24, 2.45) is 0 Å². The second kappa shape index (κ2) is 6.74. The summed E-state index contributed by atoms with van der Waals surface area (Å²) in [5.41, 5.74) is 0.763. The van der Waals surface area contributed by atoms with E-state index in [-0.39, 0.29) is 17.6 Å². The molecule has 7 heteroatoms. The van der Waals surface area contributed by atoms with Crippen LogP contribution in [0.4, 0.5) is 11.6 Å². The Morgan fingerprint density at radius 2 is 1.86 bits per heavy atom. The Kier molecular flexibility index (Phi) is 4.98. The summed E-state index contributed by atoms with van der Waals surface area (Å²) in [6.07, 6.45) is 1.53. The van der Waals surface area contributed by atoms with Crippen LogP contribution in [0.3, 0.4) is 0 Å². The molecule has 0 saturated carbocycles. The van der Waals surface area contributed by atoms with Crippen LogP contribution in [0.25, 0.3) is 0 Å². The van der Waals surface area contributed by atoms with Crippen LogP contribution in [-0.4, -0.2) is 21.9 Å². The monoisotopic (exact) mass is 324 g/mol. The maximum absolute atomic E-state index is 12.2. The third-order valence-corrected chi connectivity index (χ3v) is 2.86. The van der Waals surface area contributed by atoms with E-state index in [4.69, 9.17) is 23.2 Å². The number of rotatable bonds is 4. The highest BCUT2D eigenvalue weighted by atomic mass is 35.5. The third kappa shape index (κ3) is 4.58. The lowest BCUT2D eigenvalue weighted by atomic mass is 10.3. The minimum atomic E-state index is -0.359. The first-order valence-corrected chi connectivity index (χ1v) is 7.06. The van der Waals surface area contributed by atoms with Gasteiger partial charge in [-0.25, -0.2) is 9.97 Å². The maximum Gasteiger partial charge on any atom is 0.274 e. The molecule has 2 aromatic rings. The van der Waals surface area contributed by atoms with Crippen LogP contribution in [0.5, 0.6) is 0 Å². The summed E-state index contributed by atoms with van der Waals surface area (Å²) in [6, 6.07) is 6.52. The lowest BCUT2D eigenvalue weighted by Gasteiger charge is -2.09. The number of aromatic nitrogens is 2. The average molecular weight is 325 g/mol. The van der Waals surface area contributed by atoms with Crippen molar-refractivity contribution in [3.8, 4) is 0 Å². The summed E-state index contributed by atoms with van der Waals surface area (Å²) in [4.78, 5) is 20.4. The van der Waals surface area contributed by atoms with Gasteiger partial charge in [-0.3, -0.25) is 4.79 Å². The molecule has 0 aliphatic rings. The molecule has 110 valence electrons. The first-order valence-electron chi connectivity index (χ1n) is 6.31. The molecule has 0 saturated heterocycles. The van der Waals surface area contributed by atoms with Gasteiger partial charge in [0.1, 0.15) is 5.69 Å². The largest absolute Gasteiger partial charge is 0.352 e. The van der Waals surface area contributed by atoms with Crippen molar-refractivity contribution in [2.75, 3.05) is 10.6 Å². The van der Waals surface area contributed by atoms with E-state index < -0.39 is 0 Å². The van der Waals surface area contributed by atoms with E-state index in [9.17, 15) is 4.79 Å². The van der Waals surface area contributed by atoms with Gasteiger partial charge in [0.25, 0.3) is 5.91 Å². The van der Waals surface area contributed by atoms with Crippen LogP contribution in [0, 0.1) is 0 Å². The Morgan fingerprint density at radius 3 is 2.48 bits per heavy atom. The summed E-state index contributed by atoms with van der Waals surface area (Å²) >= 11 is 11.8. The molecule has 0 atom stereocenters. The van der Waals surface area contributed by atoms with Gasteiger partial charge in [0.2, 0.25) is 5.95 Å². The normalized spacial score (nSPS) is 10.5. The fourth-order valence-corrected chi connectivity index (χ4v) is 2.16. The molecule has 2 N–H and O–H groups in total. The van der Waals surface area contributed by atoms with Crippen molar-refractivity contribution in [3.05, 3.63) is 46.2 Å². The number of amides is 1. The molecule has 1 aromatic heterocycles. The van der Waals surface area contributed by atoms with Crippen LogP contribution in [-0.2, 0) is 0 Å². The smallest absolute Gasteiger partial charge is 0.274 e. The Hall–Kier alpha value is -1.85. The van der Waals surface area contributed by atoms with Crippen molar-refractivity contribution in [1.82, 2.24) is 9.97 Å². The molecule has 0 fully saturated rings. The van der Waals surface area contributed by atoms with E-state index in [1.807, 2.05) is 13.8 Å². The Balaban J connectivity index is 2.16. The first kappa shape index (κ1) is 15.5. The van der Waals surface area contributed by atoms with Crippen molar-refractivity contribution in [1.29, 1.82) is 0 Å². The molecule has 1 amide bonds. The molecular formula is C14H14Cl2N4O. The number of halogens is 2. The molecule has 0 bridgehead atoms. The average Bonchev–Trinajstić information content (AvgIpc) is 2.36. The number of nitrogens with zero attached hydrogens (tertiary/aromatic N) is 2. The topological polar surface area (TPSA) is 66.9 Å². The standard InChI is InChI=1S/C14H14Cl2N4O/c1-8(2)18-14-17-4-3-12(20-14)13(21)19-11-6-9(15)5-10(16)7-11/h3-8H,1-2H3,(H,19,21)(H,17,18,20). The highest BCUT2D eigenvalue weighted by Gasteiger charge is 2.10. The molecular weight excluding hydrogens is 311 g/mol. The van der Waals surface area contributed by atoms with Crippen molar-refractivity contribution < 1.29 is 4.79 Å². The van der Waals surface area contributed by atoms with Gasteiger partial charge < -0.3 is 10.6 Å². The second-order valence-corrected chi connectivity index (χ2v) is 5.55. The van der Waals surface area contributed by atoms with Crippen LogP contribution in [0.2, 0.25) is 10.0 Å². The summed E-state index contributed by atoms with van der Waals surface area (Å²) in [6.45, 7) is 3.92. The zero-order valence-electron chi connectivity index (χ0n) is 11.5. The summed E-state index contributed by atoms with van der Waals surface area (Å²) in [7, 11) is 0. The quantitative estimate of drug-likeness (QED) is 0.896. The van der Waals surface area contributed by atoms with Gasteiger partial charge in [-0.1, -0.05) is 23.2 Å². The number of hydrogen-bond acceptors (Lipinski definition) is 4. The number of anilines is 2. The van der Waals surface area contributed by atoms with E-state index >= 15 is 0 Å². The molecule has 5 nitrogen and oxygen atoms in total. The van der Waals surface area contributed by atoms with Crippen LogP contribution < -0.4 is 10.6 Å². The molecule has 2 rings (SSSR count). The van der Waals surface area contributed by atoms with Crippen LogP contribution in [0.1, 0.15) is 24.3 Å². The molecule has 0 unspecified atom stereocenters. The van der Waals surface area contributed by atoms with E-state index in [1.54, 1.807) is 18.2 Å². The van der Waals surface area contributed by atoms with E-state index in [1.165, 1.54) is 12.3 Å². The number of hydrogen-bond donors (Lipinski definition) is 2. The highest BCUT2D eigenvalue weighted by molar-refractivity contribution is 6.35. The Morgan fingerprint density at radius 1 is 1.19 bits per heavy atom. The van der Waals surface area contributed by atoms with Gasteiger partial charge in [0.05, 0.1) is 0 Å². The fourth-order valence-electron chi connectivity index (χ4n) is 1.63. The van der Waals surface area contributed by atoms with E-state index in [0.717, 1.165) is 0 Å². The van der Waals surface area contributed by atoms with Gasteiger partial charge in [0, 0.05) is 28.0 Å². The predicted molar refractivity (Wildman–Crippen MR) is 85.2 cm³/mol. The minimum Gasteiger partial charge on any atom is -0.352 e. The molecule has 21 heavy (non-hydrogen) atoms. The molecule has 0 spiro atoms.